The lowest BCUT2D eigenvalue weighted by molar-refractivity contribution is 0.101. The summed E-state index contributed by atoms with van der Waals surface area (Å²) in [6.45, 7) is 1.39. The zero-order valence-corrected chi connectivity index (χ0v) is 8.12. The summed E-state index contributed by atoms with van der Waals surface area (Å²) in [5.41, 5.74) is 0.422. The number of carbonyl (C=O) groups excluding carboxylic acids is 1. The number of benzene rings is 1. The zero-order chi connectivity index (χ0) is 11.0. The molecule has 0 aliphatic carbocycles. The van der Waals surface area contributed by atoms with E-state index in [9.17, 15) is 9.18 Å². The van der Waals surface area contributed by atoms with Crippen LogP contribution in [0.25, 0.3) is 10.9 Å². The highest BCUT2D eigenvalue weighted by Crippen LogP contribution is 2.14. The average molecular weight is 199 g/mol. The van der Waals surface area contributed by atoms with Crippen molar-refractivity contribution in [2.24, 2.45) is 0 Å². The van der Waals surface area contributed by atoms with E-state index < -0.39 is 5.82 Å². The van der Waals surface area contributed by atoms with Gasteiger partial charge in [-0.15, -0.1) is 0 Å². The van der Waals surface area contributed by atoms with Gasteiger partial charge >= 0.3 is 0 Å². The summed E-state index contributed by atoms with van der Waals surface area (Å²) < 4.78 is 13.5. The molecule has 1 aromatic carbocycles. The van der Waals surface area contributed by atoms with Crippen LogP contribution in [0, 0.1) is 5.82 Å². The quantitative estimate of drug-likeness (QED) is 0.512. The van der Waals surface area contributed by atoms with E-state index in [0.29, 0.717) is 5.39 Å². The monoisotopic (exact) mass is 199 g/mol. The molecule has 2 radical (unpaired) electrons. The molecule has 0 spiro atoms. The second kappa shape index (κ2) is 3.46. The molecule has 0 bridgehead atoms. The Kier molecular flexibility index (Phi) is 2.27. The average Bonchev–Trinajstić information content (AvgIpc) is 2.23. The third-order valence-corrected chi connectivity index (χ3v) is 2.19. The Hall–Kier alpha value is -1.71. The molecule has 72 valence electrons. The SMILES string of the molecule is [B]c1ccc2ccc(C(C)=O)nc2c1F. The van der Waals surface area contributed by atoms with Crippen molar-refractivity contribution < 1.29 is 9.18 Å². The molecule has 0 aliphatic heterocycles. The van der Waals surface area contributed by atoms with Crippen molar-refractivity contribution in [1.29, 1.82) is 0 Å². The van der Waals surface area contributed by atoms with Gasteiger partial charge in [-0.05, 0) is 6.07 Å². The standard InChI is InChI=1S/C11H7BFNO/c1-6(15)9-5-3-7-2-4-8(12)10(13)11(7)14-9/h2-5H,1H3. The van der Waals surface area contributed by atoms with Gasteiger partial charge in [0.15, 0.2) is 5.78 Å². The van der Waals surface area contributed by atoms with E-state index >= 15 is 0 Å². The molecule has 0 saturated carbocycles. The van der Waals surface area contributed by atoms with Gasteiger partial charge in [-0.2, -0.15) is 0 Å². The van der Waals surface area contributed by atoms with Crippen molar-refractivity contribution in [1.82, 2.24) is 4.98 Å². The lowest BCUT2D eigenvalue weighted by Crippen LogP contribution is -2.09. The first-order valence-electron chi connectivity index (χ1n) is 4.45. The smallest absolute Gasteiger partial charge is 0.178 e. The van der Waals surface area contributed by atoms with Crippen LogP contribution in [-0.2, 0) is 0 Å². The van der Waals surface area contributed by atoms with Crippen LogP contribution in [0.15, 0.2) is 24.3 Å². The van der Waals surface area contributed by atoms with Gasteiger partial charge in [0, 0.05) is 12.3 Å². The van der Waals surface area contributed by atoms with Gasteiger partial charge in [0.2, 0.25) is 0 Å². The van der Waals surface area contributed by atoms with Crippen LogP contribution in [0.2, 0.25) is 0 Å². The number of halogens is 1. The van der Waals surface area contributed by atoms with E-state index in [4.69, 9.17) is 7.85 Å². The molecule has 0 atom stereocenters. The number of ketones is 1. The van der Waals surface area contributed by atoms with Gasteiger partial charge < -0.3 is 0 Å². The highest BCUT2D eigenvalue weighted by molar-refractivity contribution is 6.33. The lowest BCUT2D eigenvalue weighted by atomic mass is 9.94. The van der Waals surface area contributed by atoms with Gasteiger partial charge in [0.05, 0.1) is 0 Å². The maximum absolute atomic E-state index is 13.5. The fourth-order valence-corrected chi connectivity index (χ4v) is 1.37. The maximum atomic E-state index is 13.5. The maximum Gasteiger partial charge on any atom is 0.178 e. The van der Waals surface area contributed by atoms with Gasteiger partial charge in [0.25, 0.3) is 0 Å². The minimum Gasteiger partial charge on any atom is -0.293 e. The van der Waals surface area contributed by atoms with Crippen LogP contribution >= 0.6 is 0 Å². The molecular formula is C11H7BFNO. The van der Waals surface area contributed by atoms with Gasteiger partial charge in [-0.1, -0.05) is 23.7 Å². The van der Waals surface area contributed by atoms with Crippen LogP contribution in [0.3, 0.4) is 0 Å². The second-order valence-electron chi connectivity index (χ2n) is 3.29. The van der Waals surface area contributed by atoms with Crippen molar-refractivity contribution in [2.45, 2.75) is 6.92 Å². The summed E-state index contributed by atoms with van der Waals surface area (Å²) in [5.74, 6) is -0.769. The van der Waals surface area contributed by atoms with Crippen molar-refractivity contribution in [3.05, 3.63) is 35.8 Å². The molecule has 4 heteroatoms. The van der Waals surface area contributed by atoms with E-state index in [1.807, 2.05) is 0 Å². The number of hydrogen-bond donors (Lipinski definition) is 0. The molecule has 0 N–H and O–H groups in total. The Labute approximate surface area is 87.5 Å². The molecule has 0 aliphatic rings. The summed E-state index contributed by atoms with van der Waals surface area (Å²) in [6, 6.07) is 6.37. The molecule has 2 nitrogen and oxygen atoms in total. The Bertz CT molecular complexity index is 554. The van der Waals surface area contributed by atoms with Crippen molar-refractivity contribution >= 4 is 30.0 Å². The predicted molar refractivity (Wildman–Crippen MR) is 57.1 cm³/mol. The topological polar surface area (TPSA) is 30.0 Å². The number of pyridine rings is 1. The van der Waals surface area contributed by atoms with E-state index in [2.05, 4.69) is 4.98 Å². The van der Waals surface area contributed by atoms with E-state index in [-0.39, 0.29) is 22.5 Å². The normalized spacial score (nSPS) is 10.5. The Balaban J connectivity index is 2.79. The number of aromatic nitrogens is 1. The van der Waals surface area contributed by atoms with E-state index in [1.54, 1.807) is 18.2 Å². The van der Waals surface area contributed by atoms with Crippen molar-refractivity contribution in [3.8, 4) is 0 Å². The Morgan fingerprint density at radius 1 is 1.33 bits per heavy atom. The molecule has 2 rings (SSSR count). The highest BCUT2D eigenvalue weighted by Gasteiger charge is 2.07. The third-order valence-electron chi connectivity index (χ3n) is 2.19. The molecule has 1 heterocycles. The Morgan fingerprint density at radius 2 is 2.00 bits per heavy atom. The number of nitrogens with zero attached hydrogens (tertiary/aromatic N) is 1. The summed E-state index contributed by atoms with van der Waals surface area (Å²) in [4.78, 5) is 15.0. The third kappa shape index (κ3) is 1.63. The molecular weight excluding hydrogens is 192 g/mol. The summed E-state index contributed by atoms with van der Waals surface area (Å²) in [5, 5.41) is 0.631. The molecule has 0 fully saturated rings. The Morgan fingerprint density at radius 3 is 2.67 bits per heavy atom. The summed E-state index contributed by atoms with van der Waals surface area (Å²) in [7, 11) is 5.41. The summed E-state index contributed by atoms with van der Waals surface area (Å²) in [6.07, 6.45) is 0. The van der Waals surface area contributed by atoms with Crippen LogP contribution in [0.4, 0.5) is 4.39 Å². The first-order chi connectivity index (χ1) is 7.09. The molecule has 15 heavy (non-hydrogen) atoms. The number of carbonyl (C=O) groups is 1. The number of rotatable bonds is 1. The molecule has 0 unspecified atom stereocenters. The van der Waals surface area contributed by atoms with E-state index in [0.717, 1.165) is 0 Å². The lowest BCUT2D eigenvalue weighted by Gasteiger charge is -2.03. The fourth-order valence-electron chi connectivity index (χ4n) is 1.37. The summed E-state index contributed by atoms with van der Waals surface area (Å²) >= 11 is 0. The van der Waals surface area contributed by atoms with Crippen molar-refractivity contribution in [2.75, 3.05) is 0 Å². The minimum absolute atomic E-state index is 0.0377. The fraction of sp³-hybridized carbons (Fsp3) is 0.0909. The van der Waals surface area contributed by atoms with Crippen LogP contribution in [0.1, 0.15) is 17.4 Å². The van der Waals surface area contributed by atoms with Crippen LogP contribution < -0.4 is 5.46 Å². The predicted octanol–water partition coefficient (Wildman–Crippen LogP) is 1.37. The molecule has 1 aromatic heterocycles. The largest absolute Gasteiger partial charge is 0.293 e. The number of hydrogen-bond acceptors (Lipinski definition) is 2. The molecule has 0 saturated heterocycles. The van der Waals surface area contributed by atoms with Gasteiger partial charge in [-0.25, -0.2) is 9.37 Å². The van der Waals surface area contributed by atoms with Gasteiger partial charge in [0.1, 0.15) is 24.9 Å². The first kappa shape index (κ1) is 9.83. The number of fused-ring (bicyclic) bond motifs is 1. The molecule has 0 amide bonds. The second-order valence-corrected chi connectivity index (χ2v) is 3.29. The highest BCUT2D eigenvalue weighted by atomic mass is 19.1. The van der Waals surface area contributed by atoms with Gasteiger partial charge in [-0.3, -0.25) is 4.79 Å². The first-order valence-corrected chi connectivity index (χ1v) is 4.45. The van der Waals surface area contributed by atoms with Crippen LogP contribution in [0.5, 0.6) is 0 Å². The van der Waals surface area contributed by atoms with Crippen molar-refractivity contribution in [3.63, 3.8) is 0 Å². The van der Waals surface area contributed by atoms with Crippen LogP contribution in [-0.4, -0.2) is 18.6 Å². The minimum atomic E-state index is -0.574. The zero-order valence-electron chi connectivity index (χ0n) is 8.12. The van der Waals surface area contributed by atoms with E-state index in [1.165, 1.54) is 13.0 Å². The molecule has 2 aromatic rings. The number of Topliss-reactive ketones (excluding diaryl/α,β-unsaturated/α-hetero) is 1.